The van der Waals surface area contributed by atoms with Gasteiger partial charge in [-0.1, -0.05) is 29.8 Å². The maximum atomic E-state index is 11.7. The molecule has 0 spiro atoms. The molecule has 4 nitrogen and oxygen atoms in total. The van der Waals surface area contributed by atoms with Crippen molar-refractivity contribution in [1.82, 2.24) is 5.32 Å². The third-order valence-corrected chi connectivity index (χ3v) is 3.40. The van der Waals surface area contributed by atoms with Crippen molar-refractivity contribution in [3.05, 3.63) is 58.6 Å². The molecule has 0 heterocycles. The molecule has 5 heteroatoms. The van der Waals surface area contributed by atoms with Crippen molar-refractivity contribution < 1.29 is 9.53 Å². The molecule has 0 saturated carbocycles. The predicted molar refractivity (Wildman–Crippen MR) is 89.9 cm³/mol. The maximum Gasteiger partial charge on any atom is 0.319 e. The lowest BCUT2D eigenvalue weighted by atomic mass is 10.1. The van der Waals surface area contributed by atoms with Gasteiger partial charge in [0.2, 0.25) is 0 Å². The van der Waals surface area contributed by atoms with Crippen LogP contribution in [-0.4, -0.2) is 19.2 Å². The van der Waals surface area contributed by atoms with Crippen molar-refractivity contribution >= 4 is 23.3 Å². The molecule has 0 aliphatic rings. The highest BCUT2D eigenvalue weighted by Crippen LogP contribution is 2.21. The first-order chi connectivity index (χ1) is 10.6. The smallest absolute Gasteiger partial charge is 0.319 e. The van der Waals surface area contributed by atoms with Crippen LogP contribution >= 0.6 is 11.6 Å². The summed E-state index contributed by atoms with van der Waals surface area (Å²) in [5.74, 6) is 0.877. The topological polar surface area (TPSA) is 50.4 Å². The van der Waals surface area contributed by atoms with Crippen LogP contribution in [0, 0.1) is 13.8 Å². The molecule has 2 amide bonds. The first-order valence-corrected chi connectivity index (χ1v) is 7.43. The van der Waals surface area contributed by atoms with Crippen molar-refractivity contribution in [3.8, 4) is 5.75 Å². The number of hydrogen-bond donors (Lipinski definition) is 2. The lowest BCUT2D eigenvalue weighted by Crippen LogP contribution is -2.32. The number of halogens is 1. The van der Waals surface area contributed by atoms with Crippen molar-refractivity contribution in [1.29, 1.82) is 0 Å². The molecule has 0 aliphatic heterocycles. The first kappa shape index (κ1) is 16.2. The zero-order chi connectivity index (χ0) is 15.9. The van der Waals surface area contributed by atoms with Gasteiger partial charge in [-0.3, -0.25) is 0 Å². The number of anilines is 1. The van der Waals surface area contributed by atoms with Gasteiger partial charge < -0.3 is 15.4 Å². The summed E-state index contributed by atoms with van der Waals surface area (Å²) in [4.78, 5) is 11.7. The van der Waals surface area contributed by atoms with Crippen LogP contribution < -0.4 is 15.4 Å². The summed E-state index contributed by atoms with van der Waals surface area (Å²) in [6, 6.07) is 12.7. The van der Waals surface area contributed by atoms with E-state index in [0.29, 0.717) is 23.9 Å². The summed E-state index contributed by atoms with van der Waals surface area (Å²) in [6.45, 7) is 4.85. The Morgan fingerprint density at radius 1 is 1.09 bits per heavy atom. The van der Waals surface area contributed by atoms with Crippen LogP contribution in [0.3, 0.4) is 0 Å². The van der Waals surface area contributed by atoms with E-state index in [1.165, 1.54) is 0 Å². The van der Waals surface area contributed by atoms with Crippen molar-refractivity contribution in [2.24, 2.45) is 0 Å². The fourth-order valence-electron chi connectivity index (χ4n) is 2.05. The number of hydrogen-bond acceptors (Lipinski definition) is 2. The van der Waals surface area contributed by atoms with Crippen molar-refractivity contribution in [3.63, 3.8) is 0 Å². The molecule has 116 valence electrons. The minimum absolute atomic E-state index is 0.271. The quantitative estimate of drug-likeness (QED) is 0.813. The van der Waals surface area contributed by atoms with Crippen LogP contribution in [0.1, 0.15) is 11.1 Å². The van der Waals surface area contributed by atoms with Crippen LogP contribution in [0.4, 0.5) is 10.5 Å². The fraction of sp³-hybridized carbons (Fsp3) is 0.235. The molecule has 0 saturated heterocycles. The number of nitrogens with one attached hydrogen (secondary N) is 2. The van der Waals surface area contributed by atoms with Crippen molar-refractivity contribution in [2.45, 2.75) is 13.8 Å². The van der Waals surface area contributed by atoms with E-state index in [0.717, 1.165) is 16.9 Å². The second-order valence-corrected chi connectivity index (χ2v) is 5.39. The number of para-hydroxylation sites is 1. The average Bonchev–Trinajstić information content (AvgIpc) is 2.48. The number of carbonyl (C=O) groups excluding carboxylic acids is 1. The standard InChI is InChI=1S/C17H19ClN2O2/c1-12-4-3-5-13(2)16(12)22-11-10-19-17(21)20-15-8-6-14(18)7-9-15/h3-9H,10-11H2,1-2H3,(H2,19,20,21). The molecule has 0 atom stereocenters. The van der Waals surface area contributed by atoms with E-state index >= 15 is 0 Å². The molecule has 0 fully saturated rings. The molecular formula is C17H19ClN2O2. The number of urea groups is 1. The molecule has 22 heavy (non-hydrogen) atoms. The number of amides is 2. The van der Waals surface area contributed by atoms with Crippen LogP contribution in [0.15, 0.2) is 42.5 Å². The molecule has 2 aromatic rings. The summed E-state index contributed by atoms with van der Waals surface area (Å²) in [6.07, 6.45) is 0. The van der Waals surface area contributed by atoms with Crippen LogP contribution in [0.25, 0.3) is 0 Å². The monoisotopic (exact) mass is 318 g/mol. The number of rotatable bonds is 5. The van der Waals surface area contributed by atoms with E-state index in [1.807, 2.05) is 32.0 Å². The predicted octanol–water partition coefficient (Wildman–Crippen LogP) is 4.16. The molecule has 2 rings (SSSR count). The Hall–Kier alpha value is -2.20. The van der Waals surface area contributed by atoms with E-state index in [-0.39, 0.29) is 6.03 Å². The van der Waals surface area contributed by atoms with Gasteiger partial charge in [-0.2, -0.15) is 0 Å². The number of ether oxygens (including phenoxy) is 1. The van der Waals surface area contributed by atoms with Gasteiger partial charge in [0.25, 0.3) is 0 Å². The normalized spacial score (nSPS) is 10.1. The first-order valence-electron chi connectivity index (χ1n) is 7.05. The molecule has 0 unspecified atom stereocenters. The van der Waals surface area contributed by atoms with E-state index in [1.54, 1.807) is 24.3 Å². The van der Waals surface area contributed by atoms with Gasteiger partial charge >= 0.3 is 6.03 Å². The van der Waals surface area contributed by atoms with Gasteiger partial charge in [0.1, 0.15) is 12.4 Å². The minimum Gasteiger partial charge on any atom is -0.491 e. The Balaban J connectivity index is 1.74. The molecular weight excluding hydrogens is 300 g/mol. The van der Waals surface area contributed by atoms with Gasteiger partial charge in [0.15, 0.2) is 0 Å². The van der Waals surface area contributed by atoms with E-state index in [9.17, 15) is 4.79 Å². The SMILES string of the molecule is Cc1cccc(C)c1OCCNC(=O)Nc1ccc(Cl)cc1. The fourth-order valence-corrected chi connectivity index (χ4v) is 2.18. The molecule has 0 aliphatic carbocycles. The maximum absolute atomic E-state index is 11.7. The molecule has 0 aromatic heterocycles. The highest BCUT2D eigenvalue weighted by molar-refractivity contribution is 6.30. The summed E-state index contributed by atoms with van der Waals surface area (Å²) in [5, 5.41) is 6.11. The minimum atomic E-state index is -0.271. The van der Waals surface area contributed by atoms with E-state index < -0.39 is 0 Å². The van der Waals surface area contributed by atoms with Crippen LogP contribution in [0.2, 0.25) is 5.02 Å². The van der Waals surface area contributed by atoms with Crippen LogP contribution in [0.5, 0.6) is 5.75 Å². The number of aryl methyl sites for hydroxylation is 2. The lowest BCUT2D eigenvalue weighted by Gasteiger charge is -2.12. The highest BCUT2D eigenvalue weighted by Gasteiger charge is 2.04. The molecule has 2 aromatic carbocycles. The Kier molecular flexibility index (Phi) is 5.67. The number of carbonyl (C=O) groups is 1. The lowest BCUT2D eigenvalue weighted by molar-refractivity contribution is 0.247. The van der Waals surface area contributed by atoms with Gasteiger partial charge in [0.05, 0.1) is 6.54 Å². The highest BCUT2D eigenvalue weighted by atomic mass is 35.5. The van der Waals surface area contributed by atoms with E-state index in [4.69, 9.17) is 16.3 Å². The van der Waals surface area contributed by atoms with Gasteiger partial charge in [0, 0.05) is 10.7 Å². The number of benzene rings is 2. The van der Waals surface area contributed by atoms with Crippen molar-refractivity contribution in [2.75, 3.05) is 18.5 Å². The van der Waals surface area contributed by atoms with Gasteiger partial charge in [-0.05, 0) is 49.2 Å². The summed E-state index contributed by atoms with van der Waals surface area (Å²) >= 11 is 5.79. The third-order valence-electron chi connectivity index (χ3n) is 3.14. The largest absolute Gasteiger partial charge is 0.491 e. The zero-order valence-electron chi connectivity index (χ0n) is 12.7. The third kappa shape index (κ3) is 4.67. The Morgan fingerprint density at radius 3 is 2.36 bits per heavy atom. The van der Waals surface area contributed by atoms with E-state index in [2.05, 4.69) is 10.6 Å². The summed E-state index contributed by atoms with van der Waals surface area (Å²) in [5.41, 5.74) is 2.87. The summed E-state index contributed by atoms with van der Waals surface area (Å²) in [7, 11) is 0. The summed E-state index contributed by atoms with van der Waals surface area (Å²) < 4.78 is 5.72. The molecule has 0 bridgehead atoms. The Labute approximate surface area is 135 Å². The zero-order valence-corrected chi connectivity index (χ0v) is 13.4. The Morgan fingerprint density at radius 2 is 1.73 bits per heavy atom. The molecule has 2 N–H and O–H groups in total. The second-order valence-electron chi connectivity index (χ2n) is 4.96. The molecule has 0 radical (unpaired) electrons. The Bertz CT molecular complexity index is 621. The van der Waals surface area contributed by atoms with Gasteiger partial charge in [-0.15, -0.1) is 0 Å². The average molecular weight is 319 g/mol. The second kappa shape index (κ2) is 7.71. The van der Waals surface area contributed by atoms with Crippen LogP contribution in [-0.2, 0) is 0 Å². The van der Waals surface area contributed by atoms with Gasteiger partial charge in [-0.25, -0.2) is 4.79 Å².